The second-order valence-corrected chi connectivity index (χ2v) is 6.05. The molecule has 0 unspecified atom stereocenters. The number of halogens is 2. The number of aryl methyl sites for hydroxylation is 1. The SMILES string of the molecule is O=C(Cc1c(Cl)cccc1Cl)N[C@@H]1CCc2ccccc21. The third kappa shape index (κ3) is 3.07. The summed E-state index contributed by atoms with van der Waals surface area (Å²) in [6, 6.07) is 13.6. The van der Waals surface area contributed by atoms with Gasteiger partial charge >= 0.3 is 0 Å². The molecule has 1 amide bonds. The molecule has 0 aromatic heterocycles. The summed E-state index contributed by atoms with van der Waals surface area (Å²) >= 11 is 12.2. The highest BCUT2D eigenvalue weighted by Gasteiger charge is 2.23. The van der Waals surface area contributed by atoms with Gasteiger partial charge < -0.3 is 5.32 Å². The molecule has 0 spiro atoms. The molecule has 1 aliphatic rings. The number of fused-ring (bicyclic) bond motifs is 1. The van der Waals surface area contributed by atoms with Gasteiger partial charge in [-0.2, -0.15) is 0 Å². The molecule has 0 aliphatic heterocycles. The first-order chi connectivity index (χ1) is 10.1. The van der Waals surface area contributed by atoms with Crippen LogP contribution in [0.1, 0.15) is 29.2 Å². The van der Waals surface area contributed by atoms with Crippen LogP contribution >= 0.6 is 23.2 Å². The molecule has 3 rings (SSSR count). The van der Waals surface area contributed by atoms with E-state index in [4.69, 9.17) is 23.2 Å². The van der Waals surface area contributed by atoms with Crippen LogP contribution in [0.15, 0.2) is 42.5 Å². The second kappa shape index (κ2) is 6.08. The van der Waals surface area contributed by atoms with Crippen molar-refractivity contribution in [2.45, 2.75) is 25.3 Å². The number of nitrogens with one attached hydrogen (secondary N) is 1. The van der Waals surface area contributed by atoms with Crippen molar-refractivity contribution < 1.29 is 4.79 Å². The summed E-state index contributed by atoms with van der Waals surface area (Å²) < 4.78 is 0. The van der Waals surface area contributed by atoms with Gasteiger partial charge in [0.1, 0.15) is 0 Å². The van der Waals surface area contributed by atoms with Crippen LogP contribution in [-0.2, 0) is 17.6 Å². The van der Waals surface area contributed by atoms with Crippen LogP contribution in [-0.4, -0.2) is 5.91 Å². The van der Waals surface area contributed by atoms with E-state index < -0.39 is 0 Å². The fourth-order valence-electron chi connectivity index (χ4n) is 2.81. The number of benzene rings is 2. The summed E-state index contributed by atoms with van der Waals surface area (Å²) in [4.78, 5) is 12.3. The number of carbonyl (C=O) groups is 1. The lowest BCUT2D eigenvalue weighted by Gasteiger charge is -2.15. The fraction of sp³-hybridized carbons (Fsp3) is 0.235. The topological polar surface area (TPSA) is 29.1 Å². The molecule has 1 aliphatic carbocycles. The van der Waals surface area contributed by atoms with Crippen molar-refractivity contribution in [2.24, 2.45) is 0 Å². The van der Waals surface area contributed by atoms with Crippen LogP contribution in [0.2, 0.25) is 10.0 Å². The van der Waals surface area contributed by atoms with E-state index in [2.05, 4.69) is 17.4 Å². The molecule has 0 saturated carbocycles. The van der Waals surface area contributed by atoms with E-state index in [1.165, 1.54) is 11.1 Å². The van der Waals surface area contributed by atoms with Crippen molar-refractivity contribution in [3.63, 3.8) is 0 Å². The monoisotopic (exact) mass is 319 g/mol. The van der Waals surface area contributed by atoms with Gasteiger partial charge in [-0.05, 0) is 41.7 Å². The quantitative estimate of drug-likeness (QED) is 0.895. The molecule has 1 atom stereocenters. The molecular formula is C17H15Cl2NO. The van der Waals surface area contributed by atoms with E-state index in [9.17, 15) is 4.79 Å². The summed E-state index contributed by atoms with van der Waals surface area (Å²) in [6.07, 6.45) is 2.16. The number of amides is 1. The molecule has 2 aromatic carbocycles. The van der Waals surface area contributed by atoms with Gasteiger partial charge in [-0.1, -0.05) is 53.5 Å². The van der Waals surface area contributed by atoms with Crippen molar-refractivity contribution >= 4 is 29.1 Å². The molecule has 2 aromatic rings. The van der Waals surface area contributed by atoms with Gasteiger partial charge in [0.2, 0.25) is 5.91 Å². The summed E-state index contributed by atoms with van der Waals surface area (Å²) in [7, 11) is 0. The zero-order chi connectivity index (χ0) is 14.8. The number of hydrogen-bond donors (Lipinski definition) is 1. The maximum Gasteiger partial charge on any atom is 0.225 e. The maximum atomic E-state index is 12.3. The van der Waals surface area contributed by atoms with Crippen molar-refractivity contribution in [3.05, 3.63) is 69.2 Å². The molecule has 0 bridgehead atoms. The standard InChI is InChI=1S/C17H15Cl2NO/c18-14-6-3-7-15(19)13(14)10-17(21)20-16-9-8-11-4-1-2-5-12(11)16/h1-7,16H,8-10H2,(H,20,21)/t16-/m1/s1. The number of rotatable bonds is 3. The van der Waals surface area contributed by atoms with E-state index in [0.29, 0.717) is 15.6 Å². The Morgan fingerprint density at radius 2 is 1.81 bits per heavy atom. The predicted octanol–water partition coefficient (Wildman–Crippen LogP) is 4.34. The summed E-state index contributed by atoms with van der Waals surface area (Å²) in [6.45, 7) is 0. The van der Waals surface area contributed by atoms with Crippen LogP contribution < -0.4 is 5.32 Å². The highest BCUT2D eigenvalue weighted by molar-refractivity contribution is 6.36. The van der Waals surface area contributed by atoms with Gasteiger partial charge in [0.15, 0.2) is 0 Å². The van der Waals surface area contributed by atoms with Crippen molar-refractivity contribution in [3.8, 4) is 0 Å². The van der Waals surface area contributed by atoms with Gasteiger partial charge in [0, 0.05) is 10.0 Å². The first-order valence-corrected chi connectivity index (χ1v) is 7.71. The third-order valence-electron chi connectivity index (χ3n) is 3.87. The molecule has 0 heterocycles. The van der Waals surface area contributed by atoms with E-state index in [0.717, 1.165) is 12.8 Å². The molecule has 4 heteroatoms. The minimum Gasteiger partial charge on any atom is -0.349 e. The Bertz CT molecular complexity index is 664. The van der Waals surface area contributed by atoms with Gasteiger partial charge in [-0.15, -0.1) is 0 Å². The van der Waals surface area contributed by atoms with Crippen molar-refractivity contribution in [2.75, 3.05) is 0 Å². The smallest absolute Gasteiger partial charge is 0.225 e. The minimum atomic E-state index is -0.0493. The largest absolute Gasteiger partial charge is 0.349 e. The van der Waals surface area contributed by atoms with Gasteiger partial charge in [-0.25, -0.2) is 0 Å². The molecule has 0 saturated heterocycles. The Kier molecular flexibility index (Phi) is 4.18. The Morgan fingerprint density at radius 1 is 1.10 bits per heavy atom. The zero-order valence-electron chi connectivity index (χ0n) is 11.4. The van der Waals surface area contributed by atoms with Gasteiger partial charge in [0.25, 0.3) is 0 Å². The average Bonchev–Trinajstić information content (AvgIpc) is 2.87. The molecule has 2 nitrogen and oxygen atoms in total. The Hall–Kier alpha value is -1.51. The van der Waals surface area contributed by atoms with Crippen LogP contribution in [0.3, 0.4) is 0 Å². The molecule has 0 fully saturated rings. The summed E-state index contributed by atoms with van der Waals surface area (Å²) in [5.41, 5.74) is 3.22. The van der Waals surface area contributed by atoms with E-state index in [1.54, 1.807) is 18.2 Å². The van der Waals surface area contributed by atoms with Crippen LogP contribution in [0.4, 0.5) is 0 Å². The average molecular weight is 320 g/mol. The van der Waals surface area contributed by atoms with Gasteiger partial charge in [0.05, 0.1) is 12.5 Å². The summed E-state index contributed by atoms with van der Waals surface area (Å²) in [5.74, 6) is -0.0493. The first kappa shape index (κ1) is 14.4. The van der Waals surface area contributed by atoms with Crippen LogP contribution in [0, 0.1) is 0 Å². The molecule has 1 N–H and O–H groups in total. The van der Waals surface area contributed by atoms with Crippen molar-refractivity contribution in [1.29, 1.82) is 0 Å². The van der Waals surface area contributed by atoms with Crippen molar-refractivity contribution in [1.82, 2.24) is 5.32 Å². The van der Waals surface area contributed by atoms with Gasteiger partial charge in [-0.3, -0.25) is 4.79 Å². The molecule has 0 radical (unpaired) electrons. The molecular weight excluding hydrogens is 305 g/mol. The van der Waals surface area contributed by atoms with E-state index >= 15 is 0 Å². The lowest BCUT2D eigenvalue weighted by atomic mass is 10.1. The number of carbonyl (C=O) groups excluding carboxylic acids is 1. The Labute approximate surface area is 134 Å². The maximum absolute atomic E-state index is 12.3. The lowest BCUT2D eigenvalue weighted by Crippen LogP contribution is -2.28. The van der Waals surface area contributed by atoms with Crippen LogP contribution in [0.25, 0.3) is 0 Å². The van der Waals surface area contributed by atoms with Crippen LogP contribution in [0.5, 0.6) is 0 Å². The third-order valence-corrected chi connectivity index (χ3v) is 4.58. The normalized spacial score (nSPS) is 16.6. The first-order valence-electron chi connectivity index (χ1n) is 6.95. The zero-order valence-corrected chi connectivity index (χ0v) is 12.9. The Balaban J connectivity index is 1.71. The highest BCUT2D eigenvalue weighted by atomic mass is 35.5. The minimum absolute atomic E-state index is 0.0493. The number of hydrogen-bond acceptors (Lipinski definition) is 1. The fourth-order valence-corrected chi connectivity index (χ4v) is 3.35. The molecule has 21 heavy (non-hydrogen) atoms. The van der Waals surface area contributed by atoms with E-state index in [1.807, 2.05) is 12.1 Å². The predicted molar refractivity (Wildman–Crippen MR) is 85.8 cm³/mol. The lowest BCUT2D eigenvalue weighted by molar-refractivity contribution is -0.121. The van der Waals surface area contributed by atoms with E-state index in [-0.39, 0.29) is 18.4 Å². The Morgan fingerprint density at radius 3 is 2.57 bits per heavy atom. The second-order valence-electron chi connectivity index (χ2n) is 5.23. The summed E-state index contributed by atoms with van der Waals surface area (Å²) in [5, 5.41) is 4.15. The highest BCUT2D eigenvalue weighted by Crippen LogP contribution is 2.31. The molecule has 108 valence electrons.